The van der Waals surface area contributed by atoms with E-state index in [1.165, 1.54) is 58.5 Å². The first kappa shape index (κ1) is 31.2. The zero-order valence-corrected chi connectivity index (χ0v) is 31.0. The standard InChI is InChI=1S/C52H32N2OS/c1-2-14-35(15-3-1)53-43-21-8-6-18-41(43)49-37(19-10-22-44(49)53)34-27-30-36(31-28-34)54(46-24-11-20-40-39-17-7-9-26-48(39)56-52(40)46)45-23-12-25-47-50(45)42-32-29-33-13-4-5-16-38(33)51(42)55-47/h1-32H. The van der Waals surface area contributed by atoms with Gasteiger partial charge in [0, 0.05) is 48.4 Å². The molecule has 56 heavy (non-hydrogen) atoms. The van der Waals surface area contributed by atoms with Gasteiger partial charge >= 0.3 is 0 Å². The Hall–Kier alpha value is -7.14. The van der Waals surface area contributed by atoms with Crippen LogP contribution in [0.3, 0.4) is 0 Å². The molecule has 0 saturated heterocycles. The van der Waals surface area contributed by atoms with Gasteiger partial charge in [-0.3, -0.25) is 0 Å². The van der Waals surface area contributed by atoms with Gasteiger partial charge in [0.05, 0.1) is 32.5 Å². The van der Waals surface area contributed by atoms with Gasteiger partial charge in [0.15, 0.2) is 0 Å². The topological polar surface area (TPSA) is 21.3 Å². The monoisotopic (exact) mass is 732 g/mol. The maximum atomic E-state index is 6.72. The van der Waals surface area contributed by atoms with Gasteiger partial charge in [0.2, 0.25) is 0 Å². The van der Waals surface area contributed by atoms with Gasteiger partial charge in [-0.2, -0.15) is 0 Å². The molecule has 0 bridgehead atoms. The van der Waals surface area contributed by atoms with E-state index in [1.807, 2.05) is 11.3 Å². The molecule has 0 fully saturated rings. The first-order valence-corrected chi connectivity index (χ1v) is 19.8. The van der Waals surface area contributed by atoms with E-state index >= 15 is 0 Å². The van der Waals surface area contributed by atoms with Crippen molar-refractivity contribution in [3.8, 4) is 16.8 Å². The largest absolute Gasteiger partial charge is 0.455 e. The fourth-order valence-electron chi connectivity index (χ4n) is 8.94. The number of para-hydroxylation sites is 2. The van der Waals surface area contributed by atoms with Crippen molar-refractivity contribution in [2.45, 2.75) is 0 Å². The molecular weight excluding hydrogens is 701 g/mol. The summed E-state index contributed by atoms with van der Waals surface area (Å²) < 4.78 is 11.6. The van der Waals surface area contributed by atoms with Crippen molar-refractivity contribution in [2.24, 2.45) is 0 Å². The minimum atomic E-state index is 0.875. The van der Waals surface area contributed by atoms with Crippen molar-refractivity contribution in [1.29, 1.82) is 0 Å². The number of anilines is 3. The van der Waals surface area contributed by atoms with Crippen LogP contribution in [0.1, 0.15) is 0 Å². The summed E-state index contributed by atoms with van der Waals surface area (Å²) in [5.74, 6) is 0. The first-order valence-electron chi connectivity index (χ1n) is 19.0. The summed E-state index contributed by atoms with van der Waals surface area (Å²) >= 11 is 1.85. The van der Waals surface area contributed by atoms with Crippen molar-refractivity contribution >= 4 is 103 Å². The van der Waals surface area contributed by atoms with E-state index in [4.69, 9.17) is 4.42 Å². The van der Waals surface area contributed by atoms with E-state index in [0.717, 1.165) is 50.1 Å². The van der Waals surface area contributed by atoms with Gasteiger partial charge in [0.1, 0.15) is 11.2 Å². The fourth-order valence-corrected chi connectivity index (χ4v) is 10.1. The highest BCUT2D eigenvalue weighted by Gasteiger charge is 2.23. The van der Waals surface area contributed by atoms with Crippen LogP contribution in [0.2, 0.25) is 0 Å². The summed E-state index contributed by atoms with van der Waals surface area (Å²) in [6.07, 6.45) is 0. The van der Waals surface area contributed by atoms with E-state index in [-0.39, 0.29) is 0 Å². The van der Waals surface area contributed by atoms with Gasteiger partial charge in [-0.25, -0.2) is 0 Å². The summed E-state index contributed by atoms with van der Waals surface area (Å²) in [4.78, 5) is 2.44. The quantitative estimate of drug-likeness (QED) is 0.176. The highest BCUT2D eigenvalue weighted by atomic mass is 32.1. The number of benzene rings is 9. The molecule has 12 rings (SSSR count). The summed E-state index contributed by atoms with van der Waals surface area (Å²) in [6, 6.07) is 70.1. The zero-order valence-electron chi connectivity index (χ0n) is 30.2. The number of hydrogen-bond acceptors (Lipinski definition) is 3. The van der Waals surface area contributed by atoms with Crippen LogP contribution in [0, 0.1) is 0 Å². The second kappa shape index (κ2) is 12.2. The van der Waals surface area contributed by atoms with Crippen LogP contribution in [0.25, 0.3) is 91.5 Å². The maximum absolute atomic E-state index is 6.72. The summed E-state index contributed by atoms with van der Waals surface area (Å²) in [6.45, 7) is 0. The molecule has 0 aliphatic carbocycles. The van der Waals surface area contributed by atoms with E-state index in [9.17, 15) is 0 Å². The zero-order chi connectivity index (χ0) is 36.7. The summed E-state index contributed by atoms with van der Waals surface area (Å²) in [7, 11) is 0. The van der Waals surface area contributed by atoms with Gasteiger partial charge in [-0.05, 0) is 83.2 Å². The minimum absolute atomic E-state index is 0.875. The second-order valence-electron chi connectivity index (χ2n) is 14.4. The molecule has 12 aromatic rings. The van der Waals surface area contributed by atoms with Crippen molar-refractivity contribution in [2.75, 3.05) is 4.90 Å². The lowest BCUT2D eigenvalue weighted by Crippen LogP contribution is -2.10. The second-order valence-corrected chi connectivity index (χ2v) is 15.5. The summed E-state index contributed by atoms with van der Waals surface area (Å²) in [5.41, 5.74) is 11.1. The Morgan fingerprint density at radius 3 is 2.04 bits per heavy atom. The third kappa shape index (κ3) is 4.57. The van der Waals surface area contributed by atoms with E-state index in [1.54, 1.807) is 0 Å². The molecule has 0 amide bonds. The fraction of sp³-hybridized carbons (Fsp3) is 0. The number of rotatable bonds is 5. The number of aromatic nitrogens is 1. The molecule has 0 spiro atoms. The first-order chi connectivity index (χ1) is 27.8. The predicted molar refractivity (Wildman–Crippen MR) is 239 cm³/mol. The van der Waals surface area contributed by atoms with Crippen LogP contribution >= 0.6 is 11.3 Å². The molecule has 3 aromatic heterocycles. The van der Waals surface area contributed by atoms with Gasteiger partial charge < -0.3 is 13.9 Å². The minimum Gasteiger partial charge on any atom is -0.455 e. The average molecular weight is 733 g/mol. The van der Waals surface area contributed by atoms with E-state index in [0.29, 0.717) is 0 Å². The third-order valence-corrected chi connectivity index (χ3v) is 12.6. The number of nitrogens with zero attached hydrogens (tertiary/aromatic N) is 2. The average Bonchev–Trinajstić information content (AvgIpc) is 3.95. The summed E-state index contributed by atoms with van der Waals surface area (Å²) in [5, 5.41) is 9.56. The smallest absolute Gasteiger partial charge is 0.143 e. The van der Waals surface area contributed by atoms with Crippen molar-refractivity contribution in [3.63, 3.8) is 0 Å². The Kier molecular flexibility index (Phi) is 6.80. The highest BCUT2D eigenvalue weighted by molar-refractivity contribution is 7.26. The molecule has 0 N–H and O–H groups in total. The molecule has 0 unspecified atom stereocenters. The Labute approximate surface area is 326 Å². The van der Waals surface area contributed by atoms with E-state index < -0.39 is 0 Å². The highest BCUT2D eigenvalue weighted by Crippen LogP contribution is 2.49. The Balaban J connectivity index is 1.09. The van der Waals surface area contributed by atoms with Gasteiger partial charge in [-0.1, -0.05) is 127 Å². The van der Waals surface area contributed by atoms with Gasteiger partial charge in [-0.15, -0.1) is 11.3 Å². The lowest BCUT2D eigenvalue weighted by Gasteiger charge is -2.27. The normalized spacial score (nSPS) is 11.9. The molecule has 9 aromatic carbocycles. The lowest BCUT2D eigenvalue weighted by atomic mass is 9.98. The van der Waals surface area contributed by atoms with Crippen molar-refractivity contribution in [1.82, 2.24) is 4.57 Å². The number of hydrogen-bond donors (Lipinski definition) is 0. The van der Waals surface area contributed by atoms with Crippen LogP contribution in [-0.4, -0.2) is 4.57 Å². The molecule has 0 radical (unpaired) electrons. The van der Waals surface area contributed by atoms with Crippen molar-refractivity contribution < 1.29 is 4.42 Å². The molecule has 3 heterocycles. The molecule has 262 valence electrons. The predicted octanol–water partition coefficient (Wildman–Crippen LogP) is 15.3. The number of furan rings is 1. The van der Waals surface area contributed by atoms with Crippen LogP contribution < -0.4 is 4.90 Å². The van der Waals surface area contributed by atoms with Crippen LogP contribution in [0.5, 0.6) is 0 Å². The van der Waals surface area contributed by atoms with Crippen LogP contribution in [0.15, 0.2) is 199 Å². The molecule has 3 nitrogen and oxygen atoms in total. The lowest BCUT2D eigenvalue weighted by molar-refractivity contribution is 0.672. The van der Waals surface area contributed by atoms with E-state index in [2.05, 4.69) is 204 Å². The SMILES string of the molecule is c1ccc(-n2c3ccccc3c3c(-c4ccc(N(c5cccc6c5sc5ccccc56)c5cccc6oc7c8ccccc8ccc7c56)cc4)cccc32)cc1. The van der Waals surface area contributed by atoms with Gasteiger partial charge in [0.25, 0.3) is 0 Å². The molecule has 0 aliphatic heterocycles. The Morgan fingerprint density at radius 1 is 0.446 bits per heavy atom. The van der Waals surface area contributed by atoms with Crippen LogP contribution in [-0.2, 0) is 0 Å². The molecular formula is C52H32N2OS. The number of fused-ring (bicyclic) bond motifs is 11. The van der Waals surface area contributed by atoms with Crippen molar-refractivity contribution in [3.05, 3.63) is 194 Å². The molecule has 0 aliphatic rings. The third-order valence-electron chi connectivity index (χ3n) is 11.4. The molecule has 0 atom stereocenters. The van der Waals surface area contributed by atoms with Crippen LogP contribution in [0.4, 0.5) is 17.1 Å². The number of thiophene rings is 1. The maximum Gasteiger partial charge on any atom is 0.143 e. The Bertz CT molecular complexity index is 3480. The Morgan fingerprint density at radius 2 is 1.14 bits per heavy atom. The molecule has 0 saturated carbocycles. The molecule has 4 heteroatoms.